The summed E-state index contributed by atoms with van der Waals surface area (Å²) < 4.78 is 2.20. The summed E-state index contributed by atoms with van der Waals surface area (Å²) >= 11 is -0.997. The first kappa shape index (κ1) is 26.1. The fourth-order valence-electron chi connectivity index (χ4n) is 5.72. The second kappa shape index (κ2) is 8.25. The van der Waals surface area contributed by atoms with Crippen molar-refractivity contribution in [1.29, 1.82) is 0 Å². The third-order valence-corrected chi connectivity index (χ3v) is 42.0. The molecule has 0 aliphatic rings. The minimum Gasteiger partial charge on any atom is -0.148 e. The van der Waals surface area contributed by atoms with E-state index in [0.717, 1.165) is 8.05 Å². The second-order valence-corrected chi connectivity index (χ2v) is 41.8. The van der Waals surface area contributed by atoms with Crippen molar-refractivity contribution in [3.05, 3.63) is 11.0 Å². The van der Waals surface area contributed by atoms with E-state index in [0.29, 0.717) is 5.41 Å². The van der Waals surface area contributed by atoms with E-state index in [1.807, 2.05) is 0 Å². The van der Waals surface area contributed by atoms with E-state index in [1.54, 1.807) is 0 Å². The molecule has 0 amide bonds. The number of hydrogen-bond acceptors (Lipinski definition) is 0. The first-order valence-corrected chi connectivity index (χ1v) is 26.6. The highest BCUT2D eigenvalue weighted by Crippen LogP contribution is 2.46. The minimum atomic E-state index is -1.19. The normalized spacial score (nSPS) is 15.6. The van der Waals surface area contributed by atoms with Gasteiger partial charge in [0.1, 0.15) is 0 Å². The molecule has 0 spiro atoms. The van der Waals surface area contributed by atoms with Crippen LogP contribution in [-0.4, -0.2) is 46.4 Å². The summed E-state index contributed by atoms with van der Waals surface area (Å²) in [6, 6.07) is 0. The molecule has 0 unspecified atom stereocenters. The lowest BCUT2D eigenvalue weighted by Crippen LogP contribution is -2.60. The Morgan fingerprint density at radius 3 is 0.960 bits per heavy atom. The van der Waals surface area contributed by atoms with Gasteiger partial charge in [-0.2, -0.15) is 0 Å². The number of allylic oxidation sites excluding steroid dienone is 1. The van der Waals surface area contributed by atoms with E-state index < -0.39 is 46.4 Å². The third-order valence-electron chi connectivity index (χ3n) is 5.32. The predicted octanol–water partition coefficient (Wildman–Crippen LogP) is 7.87. The lowest BCUT2D eigenvalue weighted by molar-refractivity contribution is 0.545. The van der Waals surface area contributed by atoms with Gasteiger partial charge in [0.15, 0.2) is 0 Å². The zero-order valence-electron chi connectivity index (χ0n) is 20.4. The van der Waals surface area contributed by atoms with Crippen molar-refractivity contribution in [3.63, 3.8) is 0 Å². The number of rotatable bonds is 7. The van der Waals surface area contributed by atoms with Gasteiger partial charge in [0, 0.05) is 32.3 Å². The largest absolute Gasteiger partial charge is 0.289 e. The molecule has 0 fully saturated rings. The van der Waals surface area contributed by atoms with Gasteiger partial charge in [0.2, 0.25) is 0 Å². The molecule has 0 saturated carbocycles. The van der Waals surface area contributed by atoms with Gasteiger partial charge in [-0.15, -0.1) is 4.94 Å². The summed E-state index contributed by atoms with van der Waals surface area (Å²) in [4.78, 5) is 2.86. The van der Waals surface area contributed by atoms with Crippen LogP contribution in [0.15, 0.2) is 11.0 Å². The van der Waals surface area contributed by atoms with Gasteiger partial charge in [0.05, 0.1) is 0 Å². The molecule has 0 nitrogen and oxygen atoms in total. The Morgan fingerprint density at radius 1 is 0.560 bits per heavy atom. The summed E-state index contributed by atoms with van der Waals surface area (Å²) in [5.41, 5.74) is 0.318. The summed E-state index contributed by atoms with van der Waals surface area (Å²) in [7, 11) is -4.74. The molecule has 5 heteroatoms. The lowest BCUT2D eigenvalue weighted by Gasteiger charge is -2.50. The van der Waals surface area contributed by atoms with Crippen molar-refractivity contribution >= 4 is 46.4 Å². The van der Waals surface area contributed by atoms with Gasteiger partial charge in [-0.25, -0.2) is 0 Å². The maximum Gasteiger partial charge on any atom is 0.289 e. The van der Waals surface area contributed by atoms with Crippen LogP contribution in [0.3, 0.4) is 0 Å². The monoisotopic (exact) mass is 428 g/mol. The van der Waals surface area contributed by atoms with Crippen LogP contribution in [-0.2, 0) is 0 Å². The molecule has 0 aromatic rings. The van der Waals surface area contributed by atoms with Gasteiger partial charge in [0.25, 0.3) is 14.1 Å². The molecule has 0 aliphatic carbocycles. The molecule has 0 aliphatic heterocycles. The average Bonchev–Trinajstić information content (AvgIpc) is 2.15. The Labute approximate surface area is 169 Å². The second-order valence-electron chi connectivity index (χ2n) is 13.7. The standard InChI is InChI=1S/2C7H19Si2.C6H11.Al/c2*1-8(2,3)7-9(4,5)6;1-5-6(2,3)4;/h2*7H,1-6H3;1,5H,2-4H3;. The molecule has 0 saturated heterocycles. The van der Waals surface area contributed by atoms with Crippen molar-refractivity contribution in [2.45, 2.75) is 107 Å². The van der Waals surface area contributed by atoms with Crippen LogP contribution in [0.25, 0.3) is 0 Å². The van der Waals surface area contributed by atoms with Crippen LogP contribution < -0.4 is 0 Å². The summed E-state index contributed by atoms with van der Waals surface area (Å²) in [5, 5.41) is 0. The van der Waals surface area contributed by atoms with Crippen molar-refractivity contribution in [3.8, 4) is 0 Å². The number of hydrogen-bond donors (Lipinski definition) is 0. The van der Waals surface area contributed by atoms with Crippen molar-refractivity contribution < 1.29 is 0 Å². The van der Waals surface area contributed by atoms with E-state index in [4.69, 9.17) is 0 Å². The van der Waals surface area contributed by atoms with Gasteiger partial charge in [-0.1, -0.05) is 113 Å². The SMILES string of the molecule is CC(C)(C)/C=[CH]/[Al]([CH]([Si](C)(C)C)[Si](C)(C)C)[CH]([Si](C)(C)C)[Si](C)(C)C. The van der Waals surface area contributed by atoms with Crippen molar-refractivity contribution in [2.75, 3.05) is 0 Å². The zero-order chi connectivity index (χ0) is 20.6. The fraction of sp³-hybridized carbons (Fsp3) is 0.900. The van der Waals surface area contributed by atoms with Gasteiger partial charge >= 0.3 is 0 Å². The predicted molar refractivity (Wildman–Crippen MR) is 135 cm³/mol. The quantitative estimate of drug-likeness (QED) is 0.362. The zero-order valence-corrected chi connectivity index (χ0v) is 25.5. The summed E-state index contributed by atoms with van der Waals surface area (Å²) in [5.74, 6) is 0. The Balaban J connectivity index is 6.57. The van der Waals surface area contributed by atoms with Crippen LogP contribution in [0.4, 0.5) is 0 Å². The topological polar surface area (TPSA) is 0 Å². The van der Waals surface area contributed by atoms with E-state index >= 15 is 0 Å². The molecule has 0 atom stereocenters. The molecular formula is C20H49AlSi4. The van der Waals surface area contributed by atoms with E-state index in [2.05, 4.69) is 110 Å². The maximum atomic E-state index is 2.86. The molecule has 25 heavy (non-hydrogen) atoms. The van der Waals surface area contributed by atoms with Crippen molar-refractivity contribution in [2.24, 2.45) is 5.41 Å². The van der Waals surface area contributed by atoms with Crippen LogP contribution in [0, 0.1) is 5.41 Å². The Hall–Kier alpha value is 1.14. The molecule has 148 valence electrons. The van der Waals surface area contributed by atoms with Gasteiger partial charge in [-0.3, -0.25) is 0 Å². The van der Waals surface area contributed by atoms with Crippen LogP contribution in [0.2, 0.25) is 86.6 Å². The summed E-state index contributed by atoms with van der Waals surface area (Å²) in [6.45, 7) is 39.2. The Morgan fingerprint density at radius 2 is 0.800 bits per heavy atom. The fourth-order valence-corrected chi connectivity index (χ4v) is 52.6. The molecule has 0 aromatic carbocycles. The average molecular weight is 429 g/mol. The van der Waals surface area contributed by atoms with Crippen LogP contribution in [0.5, 0.6) is 0 Å². The van der Waals surface area contributed by atoms with Crippen molar-refractivity contribution in [1.82, 2.24) is 0 Å². The molecule has 0 heterocycles. The van der Waals surface area contributed by atoms with Crippen LogP contribution in [0.1, 0.15) is 20.8 Å². The highest BCUT2D eigenvalue weighted by Gasteiger charge is 2.53. The first-order chi connectivity index (χ1) is 10.6. The molecule has 0 rings (SSSR count). The Bertz CT molecular complexity index is 391. The Kier molecular flexibility index (Phi) is 8.63. The van der Waals surface area contributed by atoms with E-state index in [1.165, 1.54) is 0 Å². The maximum absolute atomic E-state index is 2.86. The highest BCUT2D eigenvalue weighted by molar-refractivity contribution is 7.18. The molecule has 0 bridgehead atoms. The summed E-state index contributed by atoms with van der Waals surface area (Å²) in [6.07, 6.45) is 2.62. The molecule has 0 aromatic heterocycles. The lowest BCUT2D eigenvalue weighted by atomic mass is 9.98. The highest BCUT2D eigenvalue weighted by atomic mass is 28.4. The molecule has 0 radical (unpaired) electrons. The third kappa shape index (κ3) is 8.79. The van der Waals surface area contributed by atoms with Crippen LogP contribution >= 0.6 is 0 Å². The first-order valence-electron chi connectivity index (χ1n) is 10.3. The molecule has 0 N–H and O–H groups in total. The van der Waals surface area contributed by atoms with Gasteiger partial charge in [-0.05, 0) is 5.41 Å². The minimum absolute atomic E-state index is 0.318. The van der Waals surface area contributed by atoms with Gasteiger partial charge < -0.3 is 0 Å². The smallest absolute Gasteiger partial charge is 0.148 e. The van der Waals surface area contributed by atoms with E-state index in [-0.39, 0.29) is 0 Å². The van der Waals surface area contributed by atoms with E-state index in [9.17, 15) is 0 Å². The molecular weight excluding hydrogens is 380 g/mol.